The number of anilines is 1. The van der Waals surface area contributed by atoms with Gasteiger partial charge < -0.3 is 4.90 Å². The number of rotatable bonds is 1. The highest BCUT2D eigenvalue weighted by atomic mass is 15.3. The fraction of sp³-hybridized carbons (Fsp3) is 0.467. The Balaban J connectivity index is 1.70. The van der Waals surface area contributed by atoms with Gasteiger partial charge in [-0.2, -0.15) is 0 Å². The summed E-state index contributed by atoms with van der Waals surface area (Å²) < 4.78 is 0. The Morgan fingerprint density at radius 1 is 1.05 bits per heavy atom. The molecule has 0 saturated carbocycles. The molecule has 0 aliphatic carbocycles. The summed E-state index contributed by atoms with van der Waals surface area (Å²) in [7, 11) is 0. The van der Waals surface area contributed by atoms with Gasteiger partial charge in [-0.25, -0.2) is 4.98 Å². The van der Waals surface area contributed by atoms with Crippen LogP contribution in [0, 0.1) is 0 Å². The monoisotopic (exact) mass is 254 g/mol. The molecule has 2 aliphatic rings. The molecule has 4 heteroatoms. The lowest BCUT2D eigenvalue weighted by Gasteiger charge is -2.38. The van der Waals surface area contributed by atoms with E-state index in [1.54, 1.807) is 0 Å². The third-order valence-electron chi connectivity index (χ3n) is 4.40. The maximum atomic E-state index is 4.61. The fourth-order valence-electron chi connectivity index (χ4n) is 3.42. The Labute approximate surface area is 113 Å². The van der Waals surface area contributed by atoms with E-state index in [0.29, 0.717) is 0 Å². The second-order valence-electron chi connectivity index (χ2n) is 5.48. The molecular formula is C15H18N4. The molecule has 4 heterocycles. The third kappa shape index (κ3) is 1.87. The standard InChI is InChI=1S/C15H18N4/c1-4-13-14(16-6-1)5-7-17-15(13)19-10-9-18-8-2-3-12(18)11-19/h1,4-7,12H,2-3,8-11H2/t12-/m0/s1. The summed E-state index contributed by atoms with van der Waals surface area (Å²) in [5.74, 6) is 1.11. The lowest BCUT2D eigenvalue weighted by Crippen LogP contribution is -2.50. The summed E-state index contributed by atoms with van der Waals surface area (Å²) in [6.45, 7) is 4.64. The smallest absolute Gasteiger partial charge is 0.138 e. The molecule has 2 aromatic heterocycles. The molecule has 2 saturated heterocycles. The molecule has 4 rings (SSSR count). The van der Waals surface area contributed by atoms with Crippen molar-refractivity contribution in [2.75, 3.05) is 31.1 Å². The molecular weight excluding hydrogens is 236 g/mol. The van der Waals surface area contributed by atoms with E-state index in [4.69, 9.17) is 0 Å². The number of hydrogen-bond acceptors (Lipinski definition) is 4. The van der Waals surface area contributed by atoms with Crippen molar-refractivity contribution in [3.8, 4) is 0 Å². The van der Waals surface area contributed by atoms with E-state index in [9.17, 15) is 0 Å². The van der Waals surface area contributed by atoms with Gasteiger partial charge in [0.1, 0.15) is 5.82 Å². The van der Waals surface area contributed by atoms with Crippen molar-refractivity contribution >= 4 is 16.7 Å². The van der Waals surface area contributed by atoms with Crippen molar-refractivity contribution in [2.24, 2.45) is 0 Å². The van der Waals surface area contributed by atoms with E-state index < -0.39 is 0 Å². The highest BCUT2D eigenvalue weighted by Gasteiger charge is 2.31. The van der Waals surface area contributed by atoms with Gasteiger partial charge in [-0.3, -0.25) is 9.88 Å². The van der Waals surface area contributed by atoms with Crippen molar-refractivity contribution in [1.29, 1.82) is 0 Å². The highest BCUT2D eigenvalue weighted by molar-refractivity contribution is 5.89. The topological polar surface area (TPSA) is 32.3 Å². The third-order valence-corrected chi connectivity index (χ3v) is 4.40. The van der Waals surface area contributed by atoms with Crippen LogP contribution in [-0.2, 0) is 0 Å². The zero-order valence-electron chi connectivity index (χ0n) is 11.0. The average molecular weight is 254 g/mol. The molecule has 2 aromatic rings. The van der Waals surface area contributed by atoms with Crippen LogP contribution in [0.15, 0.2) is 30.6 Å². The Hall–Kier alpha value is -1.68. The first-order chi connectivity index (χ1) is 9.42. The van der Waals surface area contributed by atoms with Gasteiger partial charge in [0.25, 0.3) is 0 Å². The molecule has 2 aliphatic heterocycles. The number of nitrogens with zero attached hydrogens (tertiary/aromatic N) is 4. The quantitative estimate of drug-likeness (QED) is 0.778. The molecule has 0 aromatic carbocycles. The van der Waals surface area contributed by atoms with Crippen molar-refractivity contribution in [3.05, 3.63) is 30.6 Å². The minimum atomic E-state index is 0.725. The van der Waals surface area contributed by atoms with Crippen LogP contribution < -0.4 is 4.90 Å². The van der Waals surface area contributed by atoms with Crippen molar-refractivity contribution in [3.63, 3.8) is 0 Å². The van der Waals surface area contributed by atoms with Gasteiger partial charge in [-0.15, -0.1) is 0 Å². The van der Waals surface area contributed by atoms with Crippen LogP contribution in [0.25, 0.3) is 10.9 Å². The van der Waals surface area contributed by atoms with E-state index in [1.165, 1.54) is 31.3 Å². The average Bonchev–Trinajstić information content (AvgIpc) is 2.94. The van der Waals surface area contributed by atoms with Crippen LogP contribution in [0.1, 0.15) is 12.8 Å². The first-order valence-electron chi connectivity index (χ1n) is 7.10. The number of aromatic nitrogens is 2. The van der Waals surface area contributed by atoms with E-state index >= 15 is 0 Å². The Kier molecular flexibility index (Phi) is 2.62. The second kappa shape index (κ2) is 4.46. The van der Waals surface area contributed by atoms with Crippen LogP contribution in [0.2, 0.25) is 0 Å². The second-order valence-corrected chi connectivity index (χ2v) is 5.48. The van der Waals surface area contributed by atoms with Crippen LogP contribution in [-0.4, -0.2) is 47.1 Å². The molecule has 0 bridgehead atoms. The summed E-state index contributed by atoms with van der Waals surface area (Å²) in [4.78, 5) is 14.1. The van der Waals surface area contributed by atoms with Crippen LogP contribution in [0.4, 0.5) is 5.82 Å². The van der Waals surface area contributed by atoms with Gasteiger partial charge in [-0.05, 0) is 37.6 Å². The van der Waals surface area contributed by atoms with Crippen LogP contribution >= 0.6 is 0 Å². The maximum absolute atomic E-state index is 4.61. The molecule has 98 valence electrons. The first-order valence-corrected chi connectivity index (χ1v) is 7.10. The lowest BCUT2D eigenvalue weighted by molar-refractivity contribution is 0.230. The normalized spacial score (nSPS) is 23.8. The molecule has 19 heavy (non-hydrogen) atoms. The number of fused-ring (bicyclic) bond motifs is 2. The molecule has 4 nitrogen and oxygen atoms in total. The van der Waals surface area contributed by atoms with E-state index in [0.717, 1.165) is 30.5 Å². The summed E-state index contributed by atoms with van der Waals surface area (Å²) in [5.41, 5.74) is 1.04. The molecule has 0 N–H and O–H groups in total. The van der Waals surface area contributed by atoms with E-state index in [-0.39, 0.29) is 0 Å². The van der Waals surface area contributed by atoms with Crippen molar-refractivity contribution in [1.82, 2.24) is 14.9 Å². The first kappa shape index (κ1) is 11.2. The van der Waals surface area contributed by atoms with Gasteiger partial charge in [0, 0.05) is 43.5 Å². The van der Waals surface area contributed by atoms with Crippen LogP contribution in [0.5, 0.6) is 0 Å². The Morgan fingerprint density at radius 2 is 2.05 bits per heavy atom. The predicted molar refractivity (Wildman–Crippen MR) is 76.3 cm³/mol. The highest BCUT2D eigenvalue weighted by Crippen LogP contribution is 2.28. The van der Waals surface area contributed by atoms with Gasteiger partial charge >= 0.3 is 0 Å². The van der Waals surface area contributed by atoms with Gasteiger partial charge in [0.05, 0.1) is 5.52 Å². The summed E-state index contributed by atoms with van der Waals surface area (Å²) in [6.07, 6.45) is 6.41. The number of hydrogen-bond donors (Lipinski definition) is 0. The molecule has 0 radical (unpaired) electrons. The molecule has 0 amide bonds. The molecule has 1 atom stereocenters. The van der Waals surface area contributed by atoms with E-state index in [1.807, 2.05) is 24.5 Å². The summed E-state index contributed by atoms with van der Waals surface area (Å²) in [5, 5.41) is 1.18. The molecule has 0 spiro atoms. The lowest BCUT2D eigenvalue weighted by atomic mass is 10.1. The zero-order chi connectivity index (χ0) is 12.7. The fourth-order valence-corrected chi connectivity index (χ4v) is 3.42. The predicted octanol–water partition coefficient (Wildman–Crippen LogP) is 1.91. The molecule has 2 fully saturated rings. The Morgan fingerprint density at radius 3 is 3.05 bits per heavy atom. The Bertz CT molecular complexity index is 592. The maximum Gasteiger partial charge on any atom is 0.138 e. The number of piperazine rings is 1. The minimum absolute atomic E-state index is 0.725. The SMILES string of the molecule is c1cnc2ccnc(N3CCN4CCC[C@H]4C3)c2c1. The van der Waals surface area contributed by atoms with E-state index in [2.05, 4.69) is 25.8 Å². The zero-order valence-corrected chi connectivity index (χ0v) is 11.0. The largest absolute Gasteiger partial charge is 0.353 e. The van der Waals surface area contributed by atoms with Crippen LogP contribution in [0.3, 0.4) is 0 Å². The van der Waals surface area contributed by atoms with Gasteiger partial charge in [-0.1, -0.05) is 0 Å². The van der Waals surface area contributed by atoms with Crippen molar-refractivity contribution < 1.29 is 0 Å². The molecule has 0 unspecified atom stereocenters. The van der Waals surface area contributed by atoms with Gasteiger partial charge in [0.15, 0.2) is 0 Å². The summed E-state index contributed by atoms with van der Waals surface area (Å²) in [6, 6.07) is 6.85. The van der Waals surface area contributed by atoms with Crippen molar-refractivity contribution in [2.45, 2.75) is 18.9 Å². The summed E-state index contributed by atoms with van der Waals surface area (Å²) >= 11 is 0. The van der Waals surface area contributed by atoms with Gasteiger partial charge in [0.2, 0.25) is 0 Å². The number of pyridine rings is 2. The minimum Gasteiger partial charge on any atom is -0.353 e.